The Bertz CT molecular complexity index is 869. The van der Waals surface area contributed by atoms with Gasteiger partial charge in [-0.3, -0.25) is 14.9 Å². The number of nitro benzene ring substituents is 1. The van der Waals surface area contributed by atoms with E-state index < -0.39 is 10.9 Å². The number of anilines is 1. The van der Waals surface area contributed by atoms with Gasteiger partial charge in [-0.2, -0.15) is 0 Å². The number of hydrogen-bond acceptors (Lipinski definition) is 4. The van der Waals surface area contributed by atoms with Crippen LogP contribution in [0.25, 0.3) is 0 Å². The Hall–Kier alpha value is -2.93. The van der Waals surface area contributed by atoms with Gasteiger partial charge >= 0.3 is 5.97 Å². The highest BCUT2D eigenvalue weighted by Gasteiger charge is 2.26. The van der Waals surface area contributed by atoms with Gasteiger partial charge in [-0.05, 0) is 30.2 Å². The number of carbonyl (C=O) groups is 2. The van der Waals surface area contributed by atoms with Crippen molar-refractivity contribution in [2.45, 2.75) is 32.7 Å². The molecule has 2 aromatic rings. The molecule has 0 aliphatic heterocycles. The van der Waals surface area contributed by atoms with Crippen molar-refractivity contribution >= 4 is 34.9 Å². The van der Waals surface area contributed by atoms with Crippen molar-refractivity contribution in [2.75, 3.05) is 4.90 Å². The summed E-state index contributed by atoms with van der Waals surface area (Å²) in [6.45, 7) is 1.94. The number of amides is 1. The van der Waals surface area contributed by atoms with Crippen LogP contribution < -0.4 is 4.90 Å². The third-order valence-electron chi connectivity index (χ3n) is 4.04. The number of halogens is 1. The smallest absolute Gasteiger partial charge is 0.335 e. The first-order valence-electron chi connectivity index (χ1n) is 8.40. The van der Waals surface area contributed by atoms with E-state index in [0.717, 1.165) is 24.6 Å². The molecule has 0 radical (unpaired) electrons. The molecule has 0 aliphatic carbocycles. The van der Waals surface area contributed by atoms with Crippen molar-refractivity contribution in [1.82, 2.24) is 0 Å². The van der Waals surface area contributed by atoms with Crippen molar-refractivity contribution in [3.63, 3.8) is 0 Å². The van der Waals surface area contributed by atoms with E-state index in [1.54, 1.807) is 24.3 Å². The van der Waals surface area contributed by atoms with Gasteiger partial charge in [0.1, 0.15) is 5.69 Å². The molecule has 2 aromatic carbocycles. The van der Waals surface area contributed by atoms with Crippen LogP contribution in [0.2, 0.25) is 5.02 Å². The summed E-state index contributed by atoms with van der Waals surface area (Å²) in [5.41, 5.74) is 0.0833. The number of carboxylic acids is 1. The lowest BCUT2D eigenvalue weighted by molar-refractivity contribution is -0.384. The van der Waals surface area contributed by atoms with Gasteiger partial charge in [0, 0.05) is 17.5 Å². The molecule has 1 amide bonds. The van der Waals surface area contributed by atoms with Gasteiger partial charge in [-0.15, -0.1) is 0 Å². The SMILES string of the molecule is CCCCC(=O)N(Cc1ccccc1Cl)c1cc(C(=O)O)ccc1[N+](=O)[O-]. The van der Waals surface area contributed by atoms with Crippen LogP contribution in [-0.4, -0.2) is 21.9 Å². The second kappa shape index (κ2) is 9.14. The Morgan fingerprint density at radius 2 is 1.93 bits per heavy atom. The van der Waals surface area contributed by atoms with E-state index in [1.165, 1.54) is 4.90 Å². The van der Waals surface area contributed by atoms with E-state index in [0.29, 0.717) is 17.0 Å². The fourth-order valence-corrected chi connectivity index (χ4v) is 2.79. The summed E-state index contributed by atoms with van der Waals surface area (Å²) in [6, 6.07) is 10.3. The number of nitrogens with zero attached hydrogens (tertiary/aromatic N) is 2. The molecule has 0 fully saturated rings. The maximum absolute atomic E-state index is 12.8. The van der Waals surface area contributed by atoms with E-state index in [-0.39, 0.29) is 35.8 Å². The minimum atomic E-state index is -1.23. The lowest BCUT2D eigenvalue weighted by atomic mass is 10.1. The van der Waals surface area contributed by atoms with Crippen molar-refractivity contribution in [2.24, 2.45) is 0 Å². The van der Waals surface area contributed by atoms with Crippen LogP contribution in [0, 0.1) is 10.1 Å². The number of carbonyl (C=O) groups excluding carboxylic acids is 1. The van der Waals surface area contributed by atoms with Crippen LogP contribution in [-0.2, 0) is 11.3 Å². The minimum absolute atomic E-state index is 0.00608. The molecular weight excluding hydrogens is 372 g/mol. The van der Waals surface area contributed by atoms with Crippen molar-refractivity contribution in [3.05, 3.63) is 68.7 Å². The third-order valence-corrected chi connectivity index (χ3v) is 4.41. The van der Waals surface area contributed by atoms with Crippen LogP contribution >= 0.6 is 11.6 Å². The molecule has 0 saturated carbocycles. The highest BCUT2D eigenvalue weighted by Crippen LogP contribution is 2.32. The fourth-order valence-electron chi connectivity index (χ4n) is 2.59. The van der Waals surface area contributed by atoms with Crippen LogP contribution in [0.3, 0.4) is 0 Å². The van der Waals surface area contributed by atoms with E-state index >= 15 is 0 Å². The summed E-state index contributed by atoms with van der Waals surface area (Å²) in [5, 5.41) is 21.1. The largest absolute Gasteiger partial charge is 0.478 e. The number of nitro groups is 1. The number of carboxylic acid groups (broad SMARTS) is 1. The fraction of sp³-hybridized carbons (Fsp3) is 0.263. The molecule has 142 valence electrons. The van der Waals surface area contributed by atoms with E-state index in [1.807, 2.05) is 6.92 Å². The quantitative estimate of drug-likeness (QED) is 0.521. The van der Waals surface area contributed by atoms with Gasteiger partial charge in [-0.1, -0.05) is 43.1 Å². The average Bonchev–Trinajstić information content (AvgIpc) is 2.64. The van der Waals surface area contributed by atoms with Crippen molar-refractivity contribution < 1.29 is 19.6 Å². The molecule has 0 aliphatic rings. The van der Waals surface area contributed by atoms with Crippen LogP contribution in [0.15, 0.2) is 42.5 Å². The maximum atomic E-state index is 12.8. The highest BCUT2D eigenvalue weighted by molar-refractivity contribution is 6.31. The van der Waals surface area contributed by atoms with E-state index in [9.17, 15) is 24.8 Å². The summed E-state index contributed by atoms with van der Waals surface area (Å²) in [7, 11) is 0. The zero-order valence-corrected chi connectivity index (χ0v) is 15.5. The standard InChI is InChI=1S/C19H19ClN2O5/c1-2-3-8-18(23)21(12-14-6-4-5-7-15(14)20)17-11-13(19(24)25)9-10-16(17)22(26)27/h4-7,9-11H,2-3,8,12H2,1H3,(H,24,25). The summed E-state index contributed by atoms with van der Waals surface area (Å²) in [5.74, 6) is -1.56. The second-order valence-corrected chi connectivity index (χ2v) is 6.35. The summed E-state index contributed by atoms with van der Waals surface area (Å²) < 4.78 is 0. The van der Waals surface area contributed by atoms with Gasteiger partial charge in [0.15, 0.2) is 0 Å². The molecule has 0 aromatic heterocycles. The zero-order chi connectivity index (χ0) is 20.0. The Morgan fingerprint density at radius 1 is 1.22 bits per heavy atom. The number of aromatic carboxylic acids is 1. The molecule has 0 unspecified atom stereocenters. The summed E-state index contributed by atoms with van der Waals surface area (Å²) in [4.78, 5) is 36.2. The van der Waals surface area contributed by atoms with Gasteiger partial charge in [-0.25, -0.2) is 4.79 Å². The van der Waals surface area contributed by atoms with E-state index in [2.05, 4.69) is 0 Å². The number of unbranched alkanes of at least 4 members (excludes halogenated alkanes) is 1. The Morgan fingerprint density at radius 3 is 2.52 bits per heavy atom. The molecule has 8 heteroatoms. The Balaban J connectivity index is 2.56. The molecule has 7 nitrogen and oxygen atoms in total. The van der Waals surface area contributed by atoms with Gasteiger partial charge in [0.25, 0.3) is 5.69 Å². The van der Waals surface area contributed by atoms with Crippen LogP contribution in [0.5, 0.6) is 0 Å². The maximum Gasteiger partial charge on any atom is 0.335 e. The first kappa shape index (κ1) is 20.4. The number of benzene rings is 2. The van der Waals surface area contributed by atoms with Gasteiger partial charge < -0.3 is 10.0 Å². The van der Waals surface area contributed by atoms with Crippen molar-refractivity contribution in [1.29, 1.82) is 0 Å². The Kier molecular flexibility index (Phi) is 6.90. The molecule has 1 N–H and O–H groups in total. The predicted octanol–water partition coefficient (Wildman–Crippen LogP) is 4.67. The topological polar surface area (TPSA) is 101 Å². The lowest BCUT2D eigenvalue weighted by Crippen LogP contribution is -2.31. The summed E-state index contributed by atoms with van der Waals surface area (Å²) >= 11 is 6.18. The first-order chi connectivity index (χ1) is 12.8. The first-order valence-corrected chi connectivity index (χ1v) is 8.78. The molecule has 0 heterocycles. The molecule has 0 spiro atoms. The van der Waals surface area contributed by atoms with Crippen LogP contribution in [0.1, 0.15) is 42.1 Å². The predicted molar refractivity (Wildman–Crippen MR) is 102 cm³/mol. The summed E-state index contributed by atoms with van der Waals surface area (Å²) in [6.07, 6.45) is 1.59. The molecular formula is C19H19ClN2O5. The van der Waals surface area contributed by atoms with Crippen LogP contribution in [0.4, 0.5) is 11.4 Å². The molecule has 2 rings (SSSR count). The van der Waals surface area contributed by atoms with Gasteiger partial charge in [0.2, 0.25) is 5.91 Å². The molecule has 0 bridgehead atoms. The van der Waals surface area contributed by atoms with E-state index in [4.69, 9.17) is 11.6 Å². The third kappa shape index (κ3) is 5.04. The zero-order valence-electron chi connectivity index (χ0n) is 14.7. The minimum Gasteiger partial charge on any atom is -0.478 e. The van der Waals surface area contributed by atoms with Crippen molar-refractivity contribution in [3.8, 4) is 0 Å². The normalized spacial score (nSPS) is 10.4. The Labute approximate surface area is 161 Å². The molecule has 0 atom stereocenters. The second-order valence-electron chi connectivity index (χ2n) is 5.94. The average molecular weight is 391 g/mol. The molecule has 27 heavy (non-hydrogen) atoms. The highest BCUT2D eigenvalue weighted by atomic mass is 35.5. The monoisotopic (exact) mass is 390 g/mol. The van der Waals surface area contributed by atoms with Gasteiger partial charge in [0.05, 0.1) is 17.0 Å². The number of rotatable bonds is 8. The number of hydrogen-bond donors (Lipinski definition) is 1. The lowest BCUT2D eigenvalue weighted by Gasteiger charge is -2.23. The molecule has 0 saturated heterocycles.